The number of rotatable bonds is 4. The van der Waals surface area contributed by atoms with Crippen molar-refractivity contribution < 1.29 is 4.79 Å². The second-order valence-electron chi connectivity index (χ2n) is 1.77. The molecule has 4 nitrogen and oxygen atoms in total. The van der Waals surface area contributed by atoms with E-state index in [1.165, 1.54) is 0 Å². The van der Waals surface area contributed by atoms with E-state index in [1.54, 1.807) is 0 Å². The topological polar surface area (TPSA) is 67.2 Å². The van der Waals surface area contributed by atoms with Crippen LogP contribution in [-0.2, 0) is 0 Å². The smallest absolute Gasteiger partial charge is 0.312 e. The molecule has 0 saturated heterocycles. The molecule has 0 spiro atoms. The lowest BCUT2D eigenvalue weighted by Gasteiger charge is -1.93. The molecule has 58 valence electrons. The molecule has 0 bridgehead atoms. The van der Waals surface area contributed by atoms with Crippen molar-refractivity contribution in [1.29, 1.82) is 0 Å². The normalized spacial score (nSPS) is 10.1. The molecular weight excluding hydrogens is 130 g/mol. The average molecular weight is 143 g/mol. The largest absolute Gasteiger partial charge is 0.352 e. The number of carbonyl (C=O) groups is 1. The number of nitrogens with one attached hydrogen (secondary N) is 2. The Labute approximate surface area is 60.5 Å². The molecule has 0 aliphatic heterocycles. The molecule has 4 heteroatoms. The van der Waals surface area contributed by atoms with Gasteiger partial charge in [-0.15, -0.1) is 0 Å². The highest BCUT2D eigenvalue weighted by molar-refractivity contribution is 5.71. The summed E-state index contributed by atoms with van der Waals surface area (Å²) in [6, 6.07) is -0.492. The number of likely N-dealkylation sites (N-methyl/N-ethyl adjacent to an activating group) is 1. The van der Waals surface area contributed by atoms with E-state index >= 15 is 0 Å². The predicted molar refractivity (Wildman–Crippen MR) is 40.7 cm³/mol. The minimum absolute atomic E-state index is 0.492. The van der Waals surface area contributed by atoms with E-state index in [-0.39, 0.29) is 0 Å². The Morgan fingerprint density at radius 1 is 1.50 bits per heavy atom. The number of amides is 2. The fourth-order valence-electron chi connectivity index (χ4n) is 0.444. The SMILES string of the molecule is CNC/C=C/CNC(N)=O. The third-order valence-electron chi connectivity index (χ3n) is 0.883. The van der Waals surface area contributed by atoms with E-state index < -0.39 is 6.03 Å². The van der Waals surface area contributed by atoms with Crippen LogP contribution in [0.2, 0.25) is 0 Å². The number of hydrogen-bond donors (Lipinski definition) is 3. The summed E-state index contributed by atoms with van der Waals surface area (Å²) < 4.78 is 0. The van der Waals surface area contributed by atoms with Gasteiger partial charge >= 0.3 is 6.03 Å². The first-order valence-electron chi connectivity index (χ1n) is 3.10. The molecule has 0 fully saturated rings. The van der Waals surface area contributed by atoms with Crippen molar-refractivity contribution in [2.45, 2.75) is 0 Å². The molecule has 0 aromatic rings. The summed E-state index contributed by atoms with van der Waals surface area (Å²) in [5, 5.41) is 5.35. The fraction of sp³-hybridized carbons (Fsp3) is 0.500. The Bertz CT molecular complexity index is 122. The molecule has 0 aromatic heterocycles. The van der Waals surface area contributed by atoms with E-state index in [2.05, 4.69) is 10.6 Å². The Morgan fingerprint density at radius 3 is 2.60 bits per heavy atom. The van der Waals surface area contributed by atoms with Crippen LogP contribution in [0.1, 0.15) is 0 Å². The Morgan fingerprint density at radius 2 is 2.10 bits per heavy atom. The molecule has 0 radical (unpaired) electrons. The quantitative estimate of drug-likeness (QED) is 0.461. The minimum Gasteiger partial charge on any atom is -0.352 e. The molecular formula is C6H13N3O. The maximum absolute atomic E-state index is 10.1. The van der Waals surface area contributed by atoms with Gasteiger partial charge in [0, 0.05) is 13.1 Å². The summed E-state index contributed by atoms with van der Waals surface area (Å²) in [7, 11) is 1.85. The van der Waals surface area contributed by atoms with Crippen LogP contribution in [0.4, 0.5) is 4.79 Å². The first-order valence-corrected chi connectivity index (χ1v) is 3.10. The van der Waals surface area contributed by atoms with E-state index in [9.17, 15) is 4.79 Å². The lowest BCUT2D eigenvalue weighted by Crippen LogP contribution is -2.29. The summed E-state index contributed by atoms with van der Waals surface area (Å²) in [6.45, 7) is 1.30. The zero-order valence-corrected chi connectivity index (χ0v) is 6.05. The van der Waals surface area contributed by atoms with Gasteiger partial charge in [-0.2, -0.15) is 0 Å². The van der Waals surface area contributed by atoms with Crippen molar-refractivity contribution >= 4 is 6.03 Å². The maximum Gasteiger partial charge on any atom is 0.312 e. The fourth-order valence-corrected chi connectivity index (χ4v) is 0.444. The number of primary amides is 1. The van der Waals surface area contributed by atoms with Crippen LogP contribution in [0.5, 0.6) is 0 Å². The highest BCUT2D eigenvalue weighted by Gasteiger charge is 1.83. The lowest BCUT2D eigenvalue weighted by molar-refractivity contribution is 0.250. The van der Waals surface area contributed by atoms with Gasteiger partial charge in [-0.25, -0.2) is 4.79 Å². The van der Waals surface area contributed by atoms with Gasteiger partial charge in [0.15, 0.2) is 0 Å². The molecule has 0 aliphatic carbocycles. The highest BCUT2D eigenvalue weighted by atomic mass is 16.2. The van der Waals surface area contributed by atoms with Gasteiger partial charge in [-0.05, 0) is 7.05 Å². The van der Waals surface area contributed by atoms with Crippen LogP contribution in [0.15, 0.2) is 12.2 Å². The molecule has 0 saturated carbocycles. The van der Waals surface area contributed by atoms with Crippen LogP contribution in [-0.4, -0.2) is 26.2 Å². The summed E-state index contributed by atoms with van der Waals surface area (Å²) in [4.78, 5) is 10.1. The van der Waals surface area contributed by atoms with Gasteiger partial charge in [-0.1, -0.05) is 12.2 Å². The van der Waals surface area contributed by atoms with Crippen LogP contribution in [0.3, 0.4) is 0 Å². The molecule has 0 atom stereocenters. The first-order chi connectivity index (χ1) is 4.77. The van der Waals surface area contributed by atoms with Gasteiger partial charge < -0.3 is 16.4 Å². The standard InChI is InChI=1S/C6H13N3O/c1-8-4-2-3-5-9-6(7)10/h2-3,8H,4-5H2,1H3,(H3,7,9,10)/b3-2+. The van der Waals surface area contributed by atoms with E-state index in [1.807, 2.05) is 19.2 Å². The van der Waals surface area contributed by atoms with Crippen LogP contribution < -0.4 is 16.4 Å². The molecule has 4 N–H and O–H groups in total. The maximum atomic E-state index is 10.1. The summed E-state index contributed by atoms with van der Waals surface area (Å²) in [5.74, 6) is 0. The van der Waals surface area contributed by atoms with E-state index in [0.717, 1.165) is 6.54 Å². The Hall–Kier alpha value is -1.03. The van der Waals surface area contributed by atoms with Crippen molar-refractivity contribution in [2.75, 3.05) is 20.1 Å². The summed E-state index contributed by atoms with van der Waals surface area (Å²) in [6.07, 6.45) is 3.75. The molecule has 2 amide bonds. The van der Waals surface area contributed by atoms with Crippen LogP contribution in [0, 0.1) is 0 Å². The van der Waals surface area contributed by atoms with E-state index in [0.29, 0.717) is 6.54 Å². The number of nitrogens with two attached hydrogens (primary N) is 1. The lowest BCUT2D eigenvalue weighted by atomic mass is 10.5. The summed E-state index contributed by atoms with van der Waals surface area (Å²) in [5.41, 5.74) is 4.81. The highest BCUT2D eigenvalue weighted by Crippen LogP contribution is 1.67. The zero-order valence-electron chi connectivity index (χ0n) is 6.05. The second kappa shape index (κ2) is 6.10. The number of carbonyl (C=O) groups excluding carboxylic acids is 1. The Balaban J connectivity index is 3.10. The van der Waals surface area contributed by atoms with Crippen molar-refractivity contribution in [1.82, 2.24) is 10.6 Å². The zero-order chi connectivity index (χ0) is 7.82. The molecule has 0 unspecified atom stereocenters. The van der Waals surface area contributed by atoms with Gasteiger partial charge in [-0.3, -0.25) is 0 Å². The van der Waals surface area contributed by atoms with Crippen molar-refractivity contribution in [3.8, 4) is 0 Å². The van der Waals surface area contributed by atoms with Gasteiger partial charge in [0.2, 0.25) is 0 Å². The van der Waals surface area contributed by atoms with Crippen molar-refractivity contribution in [2.24, 2.45) is 5.73 Å². The molecule has 10 heavy (non-hydrogen) atoms. The van der Waals surface area contributed by atoms with E-state index in [4.69, 9.17) is 5.73 Å². The number of hydrogen-bond acceptors (Lipinski definition) is 2. The van der Waals surface area contributed by atoms with Crippen molar-refractivity contribution in [3.05, 3.63) is 12.2 Å². The van der Waals surface area contributed by atoms with Gasteiger partial charge in [0.25, 0.3) is 0 Å². The first kappa shape index (κ1) is 8.97. The van der Waals surface area contributed by atoms with Gasteiger partial charge in [0.1, 0.15) is 0 Å². The predicted octanol–water partition coefficient (Wildman–Crippen LogP) is -0.570. The third kappa shape index (κ3) is 6.97. The molecule has 0 aromatic carbocycles. The summed E-state index contributed by atoms with van der Waals surface area (Å²) >= 11 is 0. The average Bonchev–Trinajstić information content (AvgIpc) is 1.87. The molecule has 0 rings (SSSR count). The Kier molecular flexibility index (Phi) is 5.47. The van der Waals surface area contributed by atoms with Crippen LogP contribution in [0.25, 0.3) is 0 Å². The third-order valence-corrected chi connectivity index (χ3v) is 0.883. The minimum atomic E-state index is -0.492. The molecule has 0 aliphatic rings. The van der Waals surface area contributed by atoms with Gasteiger partial charge in [0.05, 0.1) is 0 Å². The van der Waals surface area contributed by atoms with Crippen LogP contribution >= 0.6 is 0 Å². The van der Waals surface area contributed by atoms with Crippen molar-refractivity contribution in [3.63, 3.8) is 0 Å². The number of urea groups is 1. The second-order valence-corrected chi connectivity index (χ2v) is 1.77. The molecule has 0 heterocycles. The monoisotopic (exact) mass is 143 g/mol.